The van der Waals surface area contributed by atoms with Crippen LogP contribution < -0.4 is 9.47 Å². The van der Waals surface area contributed by atoms with Crippen LogP contribution in [0.3, 0.4) is 0 Å². The van der Waals surface area contributed by atoms with Gasteiger partial charge in [-0.25, -0.2) is 0 Å². The van der Waals surface area contributed by atoms with Gasteiger partial charge in [0.15, 0.2) is 0 Å². The molecular weight excluding hydrogens is 390 g/mol. The molecule has 0 N–H and O–H groups in total. The Morgan fingerprint density at radius 3 is 2.00 bits per heavy atom. The molecule has 1 saturated heterocycles. The van der Waals surface area contributed by atoms with E-state index in [9.17, 15) is 4.79 Å². The fourth-order valence-corrected chi connectivity index (χ4v) is 4.82. The van der Waals surface area contributed by atoms with E-state index in [4.69, 9.17) is 9.47 Å². The first-order valence-corrected chi connectivity index (χ1v) is 10.6. The number of likely N-dealkylation sites (tertiary alicyclic amines) is 1. The first kappa shape index (κ1) is 19.7. The minimum Gasteiger partial charge on any atom is -0.497 e. The molecule has 6 heteroatoms. The number of hydrogen-bond donors (Lipinski definition) is 0. The molecule has 6 nitrogen and oxygen atoms in total. The van der Waals surface area contributed by atoms with Gasteiger partial charge in [0, 0.05) is 32.4 Å². The normalized spacial score (nSPS) is 20.5. The van der Waals surface area contributed by atoms with Crippen molar-refractivity contribution in [2.75, 3.05) is 27.3 Å². The van der Waals surface area contributed by atoms with Gasteiger partial charge in [0.2, 0.25) is 0 Å². The van der Waals surface area contributed by atoms with Crippen molar-refractivity contribution < 1.29 is 14.3 Å². The second kappa shape index (κ2) is 8.12. The van der Waals surface area contributed by atoms with Crippen LogP contribution in [-0.2, 0) is 13.1 Å². The molecule has 0 radical (unpaired) electrons. The Labute approximate surface area is 182 Å². The monoisotopic (exact) mass is 417 g/mol. The van der Waals surface area contributed by atoms with Crippen LogP contribution in [0.25, 0.3) is 0 Å². The average molecular weight is 418 g/mol. The zero-order valence-electron chi connectivity index (χ0n) is 17.9. The van der Waals surface area contributed by atoms with E-state index in [1.807, 2.05) is 54.7 Å². The molecule has 3 heterocycles. The van der Waals surface area contributed by atoms with Gasteiger partial charge in [-0.05, 0) is 47.5 Å². The molecule has 0 aliphatic carbocycles. The Morgan fingerprint density at radius 2 is 1.39 bits per heavy atom. The van der Waals surface area contributed by atoms with E-state index in [1.54, 1.807) is 14.2 Å². The van der Waals surface area contributed by atoms with Crippen LogP contribution in [0.15, 0.2) is 66.9 Å². The molecule has 2 aliphatic rings. The molecule has 1 aromatic heterocycles. The SMILES string of the molecule is COc1ccc(CN2C[C@H]3[C@H](C2)n2cccc2C(=O)N3Cc2ccc(OC)cc2)cc1. The van der Waals surface area contributed by atoms with Gasteiger partial charge in [0.25, 0.3) is 5.91 Å². The van der Waals surface area contributed by atoms with Crippen molar-refractivity contribution in [3.8, 4) is 11.5 Å². The van der Waals surface area contributed by atoms with Crippen LogP contribution >= 0.6 is 0 Å². The molecule has 5 rings (SSSR count). The van der Waals surface area contributed by atoms with Gasteiger partial charge in [-0.15, -0.1) is 0 Å². The molecule has 0 saturated carbocycles. The Bertz CT molecular complexity index is 1060. The predicted molar refractivity (Wildman–Crippen MR) is 118 cm³/mol. The fourth-order valence-electron chi connectivity index (χ4n) is 4.82. The maximum Gasteiger partial charge on any atom is 0.271 e. The lowest BCUT2D eigenvalue weighted by Crippen LogP contribution is -2.49. The van der Waals surface area contributed by atoms with Crippen molar-refractivity contribution in [1.82, 2.24) is 14.4 Å². The van der Waals surface area contributed by atoms with Crippen LogP contribution in [0.1, 0.15) is 27.7 Å². The van der Waals surface area contributed by atoms with Crippen molar-refractivity contribution >= 4 is 5.91 Å². The molecule has 0 unspecified atom stereocenters. The minimum atomic E-state index is 0.105. The summed E-state index contributed by atoms with van der Waals surface area (Å²) < 4.78 is 12.7. The lowest BCUT2D eigenvalue weighted by Gasteiger charge is -2.38. The zero-order valence-corrected chi connectivity index (χ0v) is 17.9. The number of benzene rings is 2. The number of carbonyl (C=O) groups is 1. The zero-order chi connectivity index (χ0) is 21.4. The van der Waals surface area contributed by atoms with Crippen molar-refractivity contribution in [1.29, 1.82) is 0 Å². The van der Waals surface area contributed by atoms with Crippen molar-refractivity contribution in [2.45, 2.75) is 25.2 Å². The number of rotatable bonds is 6. The predicted octanol–water partition coefficient (Wildman–Crippen LogP) is 3.59. The first-order valence-electron chi connectivity index (χ1n) is 10.6. The summed E-state index contributed by atoms with van der Waals surface area (Å²) >= 11 is 0. The summed E-state index contributed by atoms with van der Waals surface area (Å²) in [6.45, 7) is 3.24. The van der Waals surface area contributed by atoms with Gasteiger partial charge in [-0.2, -0.15) is 0 Å². The van der Waals surface area contributed by atoms with Gasteiger partial charge < -0.3 is 18.9 Å². The third kappa shape index (κ3) is 3.68. The van der Waals surface area contributed by atoms with Gasteiger partial charge in [-0.3, -0.25) is 9.69 Å². The summed E-state index contributed by atoms with van der Waals surface area (Å²) in [5.74, 6) is 1.80. The number of amides is 1. The second-order valence-corrected chi connectivity index (χ2v) is 8.26. The van der Waals surface area contributed by atoms with E-state index < -0.39 is 0 Å². The maximum atomic E-state index is 13.3. The number of ether oxygens (including phenoxy) is 2. The Balaban J connectivity index is 1.38. The molecule has 2 aromatic carbocycles. The fraction of sp³-hybridized carbons (Fsp3) is 0.320. The van der Waals surface area contributed by atoms with E-state index >= 15 is 0 Å². The molecule has 31 heavy (non-hydrogen) atoms. The van der Waals surface area contributed by atoms with E-state index in [0.29, 0.717) is 6.54 Å². The van der Waals surface area contributed by atoms with Crippen molar-refractivity contribution in [2.24, 2.45) is 0 Å². The number of carbonyl (C=O) groups excluding carboxylic acids is 1. The standard InChI is InChI=1S/C25H27N3O3/c1-30-20-9-5-18(6-10-20)14-26-16-23-24(17-26)28(25(29)22-4-3-13-27(22)23)15-19-7-11-21(31-2)12-8-19/h3-13,23-24H,14-17H2,1-2H3/t23-,24-/m0/s1. The highest BCUT2D eigenvalue weighted by atomic mass is 16.5. The molecule has 1 amide bonds. The Hall–Kier alpha value is -3.25. The molecule has 2 aliphatic heterocycles. The summed E-state index contributed by atoms with van der Waals surface area (Å²) in [7, 11) is 3.35. The third-order valence-electron chi connectivity index (χ3n) is 6.43. The average Bonchev–Trinajstić information content (AvgIpc) is 3.45. The van der Waals surface area contributed by atoms with E-state index in [0.717, 1.165) is 42.4 Å². The largest absolute Gasteiger partial charge is 0.497 e. The lowest BCUT2D eigenvalue weighted by atomic mass is 10.0. The van der Waals surface area contributed by atoms with Crippen LogP contribution in [0.2, 0.25) is 0 Å². The Morgan fingerprint density at radius 1 is 0.806 bits per heavy atom. The van der Waals surface area contributed by atoms with Gasteiger partial charge >= 0.3 is 0 Å². The van der Waals surface area contributed by atoms with Gasteiger partial charge in [0.1, 0.15) is 17.2 Å². The molecule has 2 atom stereocenters. The maximum absolute atomic E-state index is 13.3. The lowest BCUT2D eigenvalue weighted by molar-refractivity contribution is 0.0556. The van der Waals surface area contributed by atoms with Crippen LogP contribution in [0.4, 0.5) is 0 Å². The Kier molecular flexibility index (Phi) is 5.16. The smallest absolute Gasteiger partial charge is 0.271 e. The number of hydrogen-bond acceptors (Lipinski definition) is 4. The summed E-state index contributed by atoms with van der Waals surface area (Å²) in [5, 5.41) is 0. The van der Waals surface area contributed by atoms with E-state index in [-0.39, 0.29) is 18.0 Å². The molecule has 0 spiro atoms. The van der Waals surface area contributed by atoms with E-state index in [1.165, 1.54) is 5.56 Å². The first-order chi connectivity index (χ1) is 15.2. The number of nitrogens with zero attached hydrogens (tertiary/aromatic N) is 3. The number of fused-ring (bicyclic) bond motifs is 3. The van der Waals surface area contributed by atoms with Crippen molar-refractivity contribution in [3.05, 3.63) is 83.7 Å². The molecule has 160 valence electrons. The van der Waals surface area contributed by atoms with E-state index in [2.05, 4.69) is 26.5 Å². The molecule has 1 fully saturated rings. The number of aromatic nitrogens is 1. The highest BCUT2D eigenvalue weighted by Crippen LogP contribution is 2.35. The van der Waals surface area contributed by atoms with Gasteiger partial charge in [0.05, 0.1) is 26.3 Å². The quantitative estimate of drug-likeness (QED) is 0.615. The summed E-state index contributed by atoms with van der Waals surface area (Å²) in [6.07, 6.45) is 2.05. The highest BCUT2D eigenvalue weighted by Gasteiger charge is 2.44. The number of methoxy groups -OCH3 is 2. The summed E-state index contributed by atoms with van der Waals surface area (Å²) in [5.41, 5.74) is 3.14. The van der Waals surface area contributed by atoms with Crippen molar-refractivity contribution in [3.63, 3.8) is 0 Å². The molecule has 0 bridgehead atoms. The molecule has 3 aromatic rings. The second-order valence-electron chi connectivity index (χ2n) is 8.26. The summed E-state index contributed by atoms with van der Waals surface area (Å²) in [4.78, 5) is 17.8. The highest BCUT2D eigenvalue weighted by molar-refractivity contribution is 5.94. The third-order valence-corrected chi connectivity index (χ3v) is 6.43. The van der Waals surface area contributed by atoms with Crippen LogP contribution in [0, 0.1) is 0 Å². The minimum absolute atomic E-state index is 0.105. The van der Waals surface area contributed by atoms with Crippen LogP contribution in [-0.4, -0.2) is 53.6 Å². The van der Waals surface area contributed by atoms with Crippen LogP contribution in [0.5, 0.6) is 11.5 Å². The molecular formula is C25H27N3O3. The topological polar surface area (TPSA) is 46.9 Å². The summed E-state index contributed by atoms with van der Waals surface area (Å²) in [6, 6.07) is 20.5. The van der Waals surface area contributed by atoms with Gasteiger partial charge in [-0.1, -0.05) is 24.3 Å².